The standard InChI is InChI=1S/C11H17N3O2/c1-4-8(2)13(3)9-5-6-11(14(15)16)10(12)7-9/h5-8H,4,12H2,1-3H3. The summed E-state index contributed by atoms with van der Waals surface area (Å²) in [7, 11) is 1.95. The molecule has 0 amide bonds. The Morgan fingerprint density at radius 1 is 1.56 bits per heavy atom. The average Bonchev–Trinajstić information content (AvgIpc) is 2.26. The van der Waals surface area contributed by atoms with Crippen LogP contribution >= 0.6 is 0 Å². The van der Waals surface area contributed by atoms with Crippen molar-refractivity contribution in [1.29, 1.82) is 0 Å². The Balaban J connectivity index is 3.01. The predicted molar refractivity (Wildman–Crippen MR) is 65.7 cm³/mol. The lowest BCUT2D eigenvalue weighted by atomic mass is 10.2. The maximum atomic E-state index is 10.6. The Hall–Kier alpha value is -1.78. The van der Waals surface area contributed by atoms with Crippen LogP contribution in [-0.4, -0.2) is 18.0 Å². The highest BCUT2D eigenvalue weighted by molar-refractivity contribution is 5.66. The van der Waals surface area contributed by atoms with Crippen LogP contribution in [0.25, 0.3) is 0 Å². The summed E-state index contributed by atoms with van der Waals surface area (Å²) in [5.41, 5.74) is 6.70. The van der Waals surface area contributed by atoms with E-state index in [1.807, 2.05) is 7.05 Å². The van der Waals surface area contributed by atoms with Crippen molar-refractivity contribution in [2.24, 2.45) is 0 Å². The third-order valence-corrected chi connectivity index (χ3v) is 2.87. The Morgan fingerprint density at radius 2 is 2.19 bits per heavy atom. The van der Waals surface area contributed by atoms with Crippen molar-refractivity contribution in [3.05, 3.63) is 28.3 Å². The molecule has 0 aliphatic rings. The number of nitro groups is 1. The van der Waals surface area contributed by atoms with Crippen molar-refractivity contribution >= 4 is 17.1 Å². The SMILES string of the molecule is CCC(C)N(C)c1ccc([N+](=O)[O-])c(N)c1. The largest absolute Gasteiger partial charge is 0.393 e. The van der Waals surface area contributed by atoms with Crippen LogP contribution in [0.4, 0.5) is 17.1 Å². The zero-order valence-corrected chi connectivity index (χ0v) is 9.80. The van der Waals surface area contributed by atoms with Gasteiger partial charge in [-0.25, -0.2) is 0 Å². The van der Waals surface area contributed by atoms with Crippen LogP contribution in [0.2, 0.25) is 0 Å². The van der Waals surface area contributed by atoms with E-state index in [0.717, 1.165) is 12.1 Å². The van der Waals surface area contributed by atoms with Crippen molar-refractivity contribution in [3.8, 4) is 0 Å². The molecule has 0 saturated heterocycles. The van der Waals surface area contributed by atoms with Gasteiger partial charge >= 0.3 is 0 Å². The minimum atomic E-state index is -0.470. The zero-order valence-electron chi connectivity index (χ0n) is 9.80. The first-order valence-electron chi connectivity index (χ1n) is 5.24. The van der Waals surface area contributed by atoms with Crippen LogP contribution in [0.3, 0.4) is 0 Å². The Labute approximate surface area is 95.0 Å². The van der Waals surface area contributed by atoms with Gasteiger partial charge in [0.15, 0.2) is 0 Å². The molecule has 1 aromatic carbocycles. The van der Waals surface area contributed by atoms with E-state index in [2.05, 4.69) is 18.7 Å². The van der Waals surface area contributed by atoms with Crippen LogP contribution in [0.15, 0.2) is 18.2 Å². The number of nitrogens with two attached hydrogens (primary N) is 1. The second kappa shape index (κ2) is 4.83. The third-order valence-electron chi connectivity index (χ3n) is 2.87. The fourth-order valence-corrected chi connectivity index (χ4v) is 1.46. The van der Waals surface area contributed by atoms with Crippen molar-refractivity contribution in [2.75, 3.05) is 17.7 Å². The van der Waals surface area contributed by atoms with Crippen molar-refractivity contribution in [2.45, 2.75) is 26.3 Å². The summed E-state index contributed by atoms with van der Waals surface area (Å²) in [4.78, 5) is 12.2. The molecule has 1 atom stereocenters. The van der Waals surface area contributed by atoms with E-state index in [-0.39, 0.29) is 11.4 Å². The molecule has 0 aliphatic heterocycles. The van der Waals surface area contributed by atoms with E-state index in [1.165, 1.54) is 6.07 Å². The number of hydrogen-bond acceptors (Lipinski definition) is 4. The number of rotatable bonds is 4. The van der Waals surface area contributed by atoms with Crippen LogP contribution in [0, 0.1) is 10.1 Å². The van der Waals surface area contributed by atoms with Crippen molar-refractivity contribution < 1.29 is 4.92 Å². The summed E-state index contributed by atoms with van der Waals surface area (Å²) >= 11 is 0. The first-order valence-corrected chi connectivity index (χ1v) is 5.24. The van der Waals surface area contributed by atoms with Gasteiger partial charge in [0.2, 0.25) is 0 Å². The molecule has 0 radical (unpaired) electrons. The van der Waals surface area contributed by atoms with Crippen LogP contribution in [0.5, 0.6) is 0 Å². The van der Waals surface area contributed by atoms with Gasteiger partial charge in [-0.3, -0.25) is 10.1 Å². The maximum Gasteiger partial charge on any atom is 0.292 e. The number of hydrogen-bond donors (Lipinski definition) is 1. The summed E-state index contributed by atoms with van der Waals surface area (Å²) in [6, 6.07) is 5.19. The van der Waals surface area contributed by atoms with E-state index < -0.39 is 4.92 Å². The molecule has 5 heteroatoms. The van der Waals surface area contributed by atoms with E-state index in [9.17, 15) is 10.1 Å². The fraction of sp³-hybridized carbons (Fsp3) is 0.455. The van der Waals surface area contributed by atoms with Crippen LogP contribution < -0.4 is 10.6 Å². The fourth-order valence-electron chi connectivity index (χ4n) is 1.46. The highest BCUT2D eigenvalue weighted by atomic mass is 16.6. The number of nitrogens with zero attached hydrogens (tertiary/aromatic N) is 2. The normalized spacial score (nSPS) is 12.2. The summed E-state index contributed by atoms with van der Waals surface area (Å²) in [5, 5.41) is 10.6. The molecule has 0 fully saturated rings. The predicted octanol–water partition coefficient (Wildman–Crippen LogP) is 2.41. The second-order valence-electron chi connectivity index (χ2n) is 3.87. The summed E-state index contributed by atoms with van der Waals surface area (Å²) in [6.45, 7) is 4.19. The first-order chi connectivity index (χ1) is 7.47. The molecule has 0 saturated carbocycles. The van der Waals surface area contributed by atoms with Crippen LogP contribution in [-0.2, 0) is 0 Å². The molecular weight excluding hydrogens is 206 g/mol. The molecule has 1 aromatic rings. The molecule has 1 rings (SSSR count). The van der Waals surface area contributed by atoms with Crippen LogP contribution in [0.1, 0.15) is 20.3 Å². The smallest absolute Gasteiger partial charge is 0.292 e. The molecule has 1 unspecified atom stereocenters. The van der Waals surface area contributed by atoms with Gasteiger partial charge < -0.3 is 10.6 Å². The monoisotopic (exact) mass is 223 g/mol. The van der Waals surface area contributed by atoms with E-state index in [1.54, 1.807) is 12.1 Å². The molecule has 0 aromatic heterocycles. The van der Waals surface area contributed by atoms with Crippen molar-refractivity contribution in [3.63, 3.8) is 0 Å². The zero-order chi connectivity index (χ0) is 12.3. The quantitative estimate of drug-likeness (QED) is 0.483. The molecule has 0 spiro atoms. The van der Waals surface area contributed by atoms with Gasteiger partial charge in [0.25, 0.3) is 5.69 Å². The molecule has 88 valence electrons. The summed E-state index contributed by atoms with van der Waals surface area (Å²) in [5.74, 6) is 0. The highest BCUT2D eigenvalue weighted by Crippen LogP contribution is 2.27. The van der Waals surface area contributed by atoms with Gasteiger partial charge in [-0.2, -0.15) is 0 Å². The molecule has 16 heavy (non-hydrogen) atoms. The molecule has 2 N–H and O–H groups in total. The van der Waals surface area contributed by atoms with E-state index in [4.69, 9.17) is 5.73 Å². The number of nitrogen functional groups attached to an aromatic ring is 1. The first kappa shape index (κ1) is 12.3. The lowest BCUT2D eigenvalue weighted by Gasteiger charge is -2.26. The van der Waals surface area contributed by atoms with E-state index >= 15 is 0 Å². The average molecular weight is 223 g/mol. The topological polar surface area (TPSA) is 72.4 Å². The minimum absolute atomic E-state index is 0.0405. The number of nitro benzene ring substituents is 1. The van der Waals surface area contributed by atoms with Gasteiger partial charge in [-0.1, -0.05) is 6.92 Å². The van der Waals surface area contributed by atoms with Gasteiger partial charge in [-0.05, 0) is 25.5 Å². The van der Waals surface area contributed by atoms with Crippen molar-refractivity contribution in [1.82, 2.24) is 0 Å². The maximum absolute atomic E-state index is 10.6. The lowest BCUT2D eigenvalue weighted by Crippen LogP contribution is -2.27. The molecule has 0 aliphatic carbocycles. The second-order valence-corrected chi connectivity index (χ2v) is 3.87. The highest BCUT2D eigenvalue weighted by Gasteiger charge is 2.14. The third kappa shape index (κ3) is 2.42. The summed E-state index contributed by atoms with van der Waals surface area (Å²) in [6.07, 6.45) is 1.01. The lowest BCUT2D eigenvalue weighted by molar-refractivity contribution is -0.383. The number of anilines is 2. The van der Waals surface area contributed by atoms with Gasteiger partial charge in [-0.15, -0.1) is 0 Å². The summed E-state index contributed by atoms with van der Waals surface area (Å²) < 4.78 is 0. The molecule has 0 bridgehead atoms. The van der Waals surface area contributed by atoms with Gasteiger partial charge in [0.1, 0.15) is 5.69 Å². The Morgan fingerprint density at radius 3 is 2.62 bits per heavy atom. The molecule has 5 nitrogen and oxygen atoms in total. The van der Waals surface area contributed by atoms with Gasteiger partial charge in [0, 0.05) is 24.8 Å². The van der Waals surface area contributed by atoms with E-state index in [0.29, 0.717) is 6.04 Å². The Kier molecular flexibility index (Phi) is 3.71. The molecular formula is C11H17N3O2. The molecule has 0 heterocycles. The van der Waals surface area contributed by atoms with Gasteiger partial charge in [0.05, 0.1) is 4.92 Å². The minimum Gasteiger partial charge on any atom is -0.393 e. The Bertz CT molecular complexity index is 393. The number of benzene rings is 1.